The van der Waals surface area contributed by atoms with E-state index in [1.165, 1.54) is 0 Å². The van der Waals surface area contributed by atoms with Gasteiger partial charge in [0, 0.05) is 17.1 Å². The topological polar surface area (TPSA) is 73.8 Å². The molecule has 0 N–H and O–H groups in total. The van der Waals surface area contributed by atoms with Crippen LogP contribution in [0, 0.1) is 20.8 Å². The third-order valence-electron chi connectivity index (χ3n) is 4.17. The number of hydrogen-bond acceptors (Lipinski definition) is 5. The Morgan fingerprint density at radius 2 is 1.76 bits per heavy atom. The fourth-order valence-corrected chi connectivity index (χ4v) is 2.74. The number of nitrogens with zero attached hydrogens (tertiary/aromatic N) is 4. The first-order valence-electron chi connectivity index (χ1n) is 8.04. The van der Waals surface area contributed by atoms with Crippen LogP contribution < -0.4 is 5.56 Å². The molecule has 0 bridgehead atoms. The summed E-state index contributed by atoms with van der Waals surface area (Å²) in [6.07, 6.45) is 1.45. The molecule has 2 aromatic heterocycles. The molecule has 0 saturated heterocycles. The van der Waals surface area contributed by atoms with Crippen molar-refractivity contribution < 1.29 is 4.52 Å². The van der Waals surface area contributed by atoms with Crippen LogP contribution in [0.5, 0.6) is 0 Å². The van der Waals surface area contributed by atoms with Gasteiger partial charge in [0.05, 0.1) is 5.69 Å². The summed E-state index contributed by atoms with van der Waals surface area (Å²) in [5.74, 6) is 1.04. The minimum absolute atomic E-state index is 0.135. The predicted molar refractivity (Wildman–Crippen MR) is 95.0 cm³/mol. The standard InChI is InChI=1S/C18H19ClN4O2/c1-11-13(3)23(18(24)12(2)20-11)10-17-21-16(22-25-17)9-6-14-4-7-15(19)8-5-14/h4-5,7-8H,6,9-10H2,1-3H3. The summed E-state index contributed by atoms with van der Waals surface area (Å²) in [4.78, 5) is 20.9. The van der Waals surface area contributed by atoms with E-state index in [1.807, 2.05) is 38.1 Å². The molecule has 0 spiro atoms. The van der Waals surface area contributed by atoms with Crippen LogP contribution >= 0.6 is 11.6 Å². The van der Waals surface area contributed by atoms with E-state index < -0.39 is 0 Å². The second-order valence-electron chi connectivity index (χ2n) is 5.99. The summed E-state index contributed by atoms with van der Waals surface area (Å²) in [6.45, 7) is 5.70. The van der Waals surface area contributed by atoms with Gasteiger partial charge in [-0.25, -0.2) is 0 Å². The average molecular weight is 359 g/mol. The second kappa shape index (κ2) is 7.19. The van der Waals surface area contributed by atoms with Crippen molar-refractivity contribution in [2.75, 3.05) is 0 Å². The van der Waals surface area contributed by atoms with Gasteiger partial charge in [-0.1, -0.05) is 28.9 Å². The lowest BCUT2D eigenvalue weighted by molar-refractivity contribution is 0.363. The molecule has 0 radical (unpaired) electrons. The van der Waals surface area contributed by atoms with Crippen molar-refractivity contribution in [2.45, 2.75) is 40.2 Å². The maximum atomic E-state index is 12.3. The van der Waals surface area contributed by atoms with Gasteiger partial charge in [0.25, 0.3) is 5.56 Å². The first-order valence-corrected chi connectivity index (χ1v) is 8.42. The Morgan fingerprint density at radius 1 is 1.04 bits per heavy atom. The lowest BCUT2D eigenvalue weighted by Crippen LogP contribution is -2.27. The number of benzene rings is 1. The molecule has 7 heteroatoms. The number of aryl methyl sites for hydroxylation is 4. The molecule has 3 rings (SSSR count). The average Bonchev–Trinajstić information content (AvgIpc) is 3.04. The van der Waals surface area contributed by atoms with Gasteiger partial charge in [-0.15, -0.1) is 0 Å². The molecule has 3 aromatic rings. The van der Waals surface area contributed by atoms with Crippen molar-refractivity contribution in [3.63, 3.8) is 0 Å². The Bertz CT molecular complexity index is 945. The van der Waals surface area contributed by atoms with Crippen LogP contribution in [-0.4, -0.2) is 19.7 Å². The van der Waals surface area contributed by atoms with E-state index in [2.05, 4.69) is 15.1 Å². The van der Waals surface area contributed by atoms with Gasteiger partial charge in [-0.3, -0.25) is 9.78 Å². The molecular weight excluding hydrogens is 340 g/mol. The zero-order valence-electron chi connectivity index (χ0n) is 14.4. The highest BCUT2D eigenvalue weighted by molar-refractivity contribution is 6.30. The molecule has 0 aliphatic carbocycles. The van der Waals surface area contributed by atoms with E-state index in [4.69, 9.17) is 16.1 Å². The Kier molecular flexibility index (Phi) is 4.99. The Hall–Kier alpha value is -2.47. The van der Waals surface area contributed by atoms with Crippen LogP contribution in [0.15, 0.2) is 33.6 Å². The molecule has 1 aromatic carbocycles. The Labute approximate surface area is 150 Å². The first-order chi connectivity index (χ1) is 11.9. The predicted octanol–water partition coefficient (Wildman–Crippen LogP) is 3.04. The van der Waals surface area contributed by atoms with Gasteiger partial charge in [0.15, 0.2) is 5.82 Å². The lowest BCUT2D eigenvalue weighted by atomic mass is 10.1. The Morgan fingerprint density at radius 3 is 2.48 bits per heavy atom. The molecule has 0 fully saturated rings. The van der Waals surface area contributed by atoms with E-state index in [-0.39, 0.29) is 12.1 Å². The van der Waals surface area contributed by atoms with E-state index in [0.717, 1.165) is 23.4 Å². The van der Waals surface area contributed by atoms with Crippen LogP contribution in [0.1, 0.15) is 34.4 Å². The molecule has 0 atom stereocenters. The molecule has 6 nitrogen and oxygen atoms in total. The highest BCUT2D eigenvalue weighted by atomic mass is 35.5. The highest BCUT2D eigenvalue weighted by Crippen LogP contribution is 2.12. The summed E-state index contributed by atoms with van der Waals surface area (Å²) in [7, 11) is 0. The van der Waals surface area contributed by atoms with Gasteiger partial charge in [-0.05, 0) is 44.9 Å². The molecule has 0 amide bonds. The monoisotopic (exact) mass is 358 g/mol. The van der Waals surface area contributed by atoms with Crippen molar-refractivity contribution in [1.29, 1.82) is 0 Å². The van der Waals surface area contributed by atoms with Crippen molar-refractivity contribution in [2.24, 2.45) is 0 Å². The summed E-state index contributed by atoms with van der Waals surface area (Å²) in [5, 5.41) is 4.72. The number of hydrogen-bond donors (Lipinski definition) is 0. The number of aromatic nitrogens is 4. The summed E-state index contributed by atoms with van der Waals surface area (Å²) >= 11 is 5.88. The minimum Gasteiger partial charge on any atom is -0.337 e. The van der Waals surface area contributed by atoms with Crippen molar-refractivity contribution in [1.82, 2.24) is 19.7 Å². The quantitative estimate of drug-likeness (QED) is 0.700. The molecule has 0 aliphatic heterocycles. The van der Waals surface area contributed by atoms with Crippen LogP contribution in [0.3, 0.4) is 0 Å². The van der Waals surface area contributed by atoms with Gasteiger partial charge in [0.1, 0.15) is 12.2 Å². The minimum atomic E-state index is -0.135. The molecule has 2 heterocycles. The van der Waals surface area contributed by atoms with Gasteiger partial charge >= 0.3 is 0 Å². The fourth-order valence-electron chi connectivity index (χ4n) is 2.61. The Balaban J connectivity index is 1.72. The SMILES string of the molecule is Cc1nc(C)c(=O)n(Cc2nc(CCc3ccc(Cl)cc3)no2)c1C. The molecule has 25 heavy (non-hydrogen) atoms. The molecule has 0 unspecified atom stereocenters. The maximum absolute atomic E-state index is 12.3. The van der Waals surface area contributed by atoms with Crippen molar-refractivity contribution in [3.8, 4) is 0 Å². The zero-order valence-corrected chi connectivity index (χ0v) is 15.2. The highest BCUT2D eigenvalue weighted by Gasteiger charge is 2.13. The molecular formula is C18H19ClN4O2. The molecule has 0 aliphatic rings. The maximum Gasteiger partial charge on any atom is 0.272 e. The zero-order chi connectivity index (χ0) is 18.0. The third-order valence-corrected chi connectivity index (χ3v) is 4.42. The second-order valence-corrected chi connectivity index (χ2v) is 6.43. The van der Waals surface area contributed by atoms with Crippen LogP contribution in [0.2, 0.25) is 5.02 Å². The smallest absolute Gasteiger partial charge is 0.272 e. The van der Waals surface area contributed by atoms with E-state index in [9.17, 15) is 4.79 Å². The lowest BCUT2D eigenvalue weighted by Gasteiger charge is -2.10. The van der Waals surface area contributed by atoms with E-state index >= 15 is 0 Å². The number of rotatable bonds is 5. The van der Waals surface area contributed by atoms with Gasteiger partial charge in [-0.2, -0.15) is 4.98 Å². The van der Waals surface area contributed by atoms with E-state index in [0.29, 0.717) is 28.9 Å². The van der Waals surface area contributed by atoms with Crippen LogP contribution in [-0.2, 0) is 19.4 Å². The fraction of sp³-hybridized carbons (Fsp3) is 0.333. The van der Waals surface area contributed by atoms with Gasteiger partial charge in [0.2, 0.25) is 5.89 Å². The normalized spacial score (nSPS) is 11.0. The molecule has 0 saturated carbocycles. The largest absolute Gasteiger partial charge is 0.337 e. The molecule has 130 valence electrons. The van der Waals surface area contributed by atoms with Crippen molar-refractivity contribution in [3.05, 3.63) is 74.0 Å². The van der Waals surface area contributed by atoms with Crippen molar-refractivity contribution >= 4 is 11.6 Å². The summed E-state index contributed by atoms with van der Waals surface area (Å²) < 4.78 is 6.92. The number of halogens is 1. The van der Waals surface area contributed by atoms with Crippen LogP contribution in [0.4, 0.5) is 0 Å². The summed E-state index contributed by atoms with van der Waals surface area (Å²) in [6, 6.07) is 7.69. The summed E-state index contributed by atoms with van der Waals surface area (Å²) in [5.41, 5.74) is 3.11. The first kappa shape index (κ1) is 17.4. The van der Waals surface area contributed by atoms with Crippen LogP contribution in [0.25, 0.3) is 0 Å². The third kappa shape index (κ3) is 3.96. The van der Waals surface area contributed by atoms with E-state index in [1.54, 1.807) is 11.5 Å². The van der Waals surface area contributed by atoms with Gasteiger partial charge < -0.3 is 9.09 Å².